The summed E-state index contributed by atoms with van der Waals surface area (Å²) in [5, 5.41) is 8.75. The van der Waals surface area contributed by atoms with E-state index in [1.165, 1.54) is 4.90 Å². The van der Waals surface area contributed by atoms with E-state index in [0.29, 0.717) is 6.54 Å². The van der Waals surface area contributed by atoms with Crippen molar-refractivity contribution in [3.63, 3.8) is 0 Å². The molecule has 114 valence electrons. The molecule has 1 aliphatic rings. The first-order valence-electron chi connectivity index (χ1n) is 7.01. The highest BCUT2D eigenvalue weighted by Gasteiger charge is 2.35. The van der Waals surface area contributed by atoms with Gasteiger partial charge in [0, 0.05) is 19.1 Å². The van der Waals surface area contributed by atoms with E-state index in [-0.39, 0.29) is 31.6 Å². The van der Waals surface area contributed by atoms with Crippen LogP contribution in [0.5, 0.6) is 0 Å². The standard InChI is InChI=1S/C13H23N3O4/c1-2-3-7-15(9-11(14)17)13(20)16(10-4-5-10)8-6-12(18)19/h10H,2-9H2,1H3,(H2,14,17)(H,18,19). The van der Waals surface area contributed by atoms with Gasteiger partial charge in [0.15, 0.2) is 0 Å². The van der Waals surface area contributed by atoms with Gasteiger partial charge in [-0.05, 0) is 19.3 Å². The first-order valence-corrected chi connectivity index (χ1v) is 7.01. The number of hydrogen-bond donors (Lipinski definition) is 2. The molecular weight excluding hydrogens is 262 g/mol. The minimum atomic E-state index is -0.932. The van der Waals surface area contributed by atoms with Crippen LogP contribution in [-0.2, 0) is 9.59 Å². The molecule has 0 aromatic heterocycles. The van der Waals surface area contributed by atoms with Crippen molar-refractivity contribution in [3.05, 3.63) is 0 Å². The molecule has 0 aliphatic heterocycles. The van der Waals surface area contributed by atoms with Crippen molar-refractivity contribution >= 4 is 17.9 Å². The normalized spacial score (nSPS) is 13.8. The topological polar surface area (TPSA) is 104 Å². The maximum Gasteiger partial charge on any atom is 0.320 e. The maximum atomic E-state index is 12.4. The van der Waals surface area contributed by atoms with Gasteiger partial charge in [-0.15, -0.1) is 0 Å². The molecule has 0 heterocycles. The summed E-state index contributed by atoms with van der Waals surface area (Å²) in [5.41, 5.74) is 5.17. The predicted octanol–water partition coefficient (Wildman–Crippen LogP) is 0.633. The van der Waals surface area contributed by atoms with E-state index in [1.807, 2.05) is 6.92 Å². The molecule has 0 aromatic rings. The van der Waals surface area contributed by atoms with Gasteiger partial charge in [-0.25, -0.2) is 4.79 Å². The van der Waals surface area contributed by atoms with E-state index in [4.69, 9.17) is 10.8 Å². The zero-order valence-electron chi connectivity index (χ0n) is 11.9. The van der Waals surface area contributed by atoms with Crippen LogP contribution >= 0.6 is 0 Å². The molecule has 0 unspecified atom stereocenters. The second kappa shape index (κ2) is 7.72. The summed E-state index contributed by atoms with van der Waals surface area (Å²) in [6, 6.07) is -0.167. The number of carbonyl (C=O) groups excluding carboxylic acids is 2. The highest BCUT2D eigenvalue weighted by Crippen LogP contribution is 2.28. The van der Waals surface area contributed by atoms with Crippen LogP contribution in [0.4, 0.5) is 4.79 Å². The average Bonchev–Trinajstić information content (AvgIpc) is 3.18. The third-order valence-corrected chi connectivity index (χ3v) is 3.20. The minimum Gasteiger partial charge on any atom is -0.481 e. The summed E-state index contributed by atoms with van der Waals surface area (Å²) in [6.07, 6.45) is 3.39. The Morgan fingerprint density at radius 1 is 1.25 bits per heavy atom. The molecular formula is C13H23N3O4. The Morgan fingerprint density at radius 2 is 1.90 bits per heavy atom. The Labute approximate surface area is 118 Å². The second-order valence-corrected chi connectivity index (χ2v) is 5.09. The van der Waals surface area contributed by atoms with Crippen molar-refractivity contribution in [1.29, 1.82) is 0 Å². The summed E-state index contributed by atoms with van der Waals surface area (Å²) >= 11 is 0. The van der Waals surface area contributed by atoms with Crippen molar-refractivity contribution in [1.82, 2.24) is 9.80 Å². The van der Waals surface area contributed by atoms with Gasteiger partial charge in [-0.2, -0.15) is 0 Å². The monoisotopic (exact) mass is 285 g/mol. The van der Waals surface area contributed by atoms with Crippen molar-refractivity contribution in [2.24, 2.45) is 5.73 Å². The number of primary amides is 1. The van der Waals surface area contributed by atoms with Gasteiger partial charge < -0.3 is 20.6 Å². The number of carbonyl (C=O) groups is 3. The van der Waals surface area contributed by atoms with E-state index in [2.05, 4.69) is 0 Å². The average molecular weight is 285 g/mol. The Bertz CT molecular complexity index is 369. The summed E-state index contributed by atoms with van der Waals surface area (Å²) in [6.45, 7) is 2.53. The lowest BCUT2D eigenvalue weighted by atomic mass is 10.3. The number of carboxylic acids is 1. The van der Waals surface area contributed by atoms with Gasteiger partial charge in [0.05, 0.1) is 6.42 Å². The smallest absolute Gasteiger partial charge is 0.320 e. The molecule has 20 heavy (non-hydrogen) atoms. The Hall–Kier alpha value is -1.79. The third kappa shape index (κ3) is 5.46. The molecule has 0 atom stereocenters. The van der Waals surface area contributed by atoms with Crippen LogP contribution in [0, 0.1) is 0 Å². The van der Waals surface area contributed by atoms with Crippen molar-refractivity contribution in [2.45, 2.75) is 45.1 Å². The van der Waals surface area contributed by atoms with Gasteiger partial charge in [0.1, 0.15) is 6.54 Å². The Morgan fingerprint density at radius 3 is 2.35 bits per heavy atom. The molecule has 1 rings (SSSR count). The van der Waals surface area contributed by atoms with Crippen LogP contribution in [-0.4, -0.2) is 58.5 Å². The van der Waals surface area contributed by atoms with E-state index in [1.54, 1.807) is 4.90 Å². The molecule has 0 spiro atoms. The largest absolute Gasteiger partial charge is 0.481 e. The molecule has 1 aliphatic carbocycles. The fourth-order valence-corrected chi connectivity index (χ4v) is 2.00. The minimum absolute atomic E-state index is 0.0829. The lowest BCUT2D eigenvalue weighted by molar-refractivity contribution is -0.137. The molecule has 3 amide bonds. The first-order chi connectivity index (χ1) is 9.45. The summed E-state index contributed by atoms with van der Waals surface area (Å²) in [7, 11) is 0. The number of amides is 3. The van der Waals surface area contributed by atoms with E-state index < -0.39 is 11.9 Å². The molecule has 0 radical (unpaired) electrons. The van der Waals surface area contributed by atoms with Gasteiger partial charge in [0.25, 0.3) is 0 Å². The number of nitrogens with zero attached hydrogens (tertiary/aromatic N) is 2. The number of aliphatic carboxylic acids is 1. The number of urea groups is 1. The molecule has 3 N–H and O–H groups in total. The van der Waals surface area contributed by atoms with E-state index >= 15 is 0 Å². The zero-order chi connectivity index (χ0) is 15.1. The zero-order valence-corrected chi connectivity index (χ0v) is 11.9. The van der Waals surface area contributed by atoms with Crippen LogP contribution in [0.1, 0.15) is 39.0 Å². The van der Waals surface area contributed by atoms with Gasteiger partial charge in [-0.1, -0.05) is 13.3 Å². The molecule has 1 fully saturated rings. The molecule has 1 saturated carbocycles. The van der Waals surface area contributed by atoms with Gasteiger partial charge in [0.2, 0.25) is 5.91 Å². The highest BCUT2D eigenvalue weighted by atomic mass is 16.4. The van der Waals surface area contributed by atoms with Crippen LogP contribution in [0.15, 0.2) is 0 Å². The summed E-state index contributed by atoms with van der Waals surface area (Å²) < 4.78 is 0. The van der Waals surface area contributed by atoms with Crippen LogP contribution in [0.2, 0.25) is 0 Å². The fourth-order valence-electron chi connectivity index (χ4n) is 2.00. The van der Waals surface area contributed by atoms with E-state index in [9.17, 15) is 14.4 Å². The van der Waals surface area contributed by atoms with Crippen molar-refractivity contribution in [2.75, 3.05) is 19.6 Å². The number of hydrogen-bond acceptors (Lipinski definition) is 3. The lowest BCUT2D eigenvalue weighted by Crippen LogP contribution is -2.48. The van der Waals surface area contributed by atoms with Crippen molar-refractivity contribution < 1.29 is 19.5 Å². The second-order valence-electron chi connectivity index (χ2n) is 5.09. The molecule has 7 nitrogen and oxygen atoms in total. The van der Waals surface area contributed by atoms with Crippen molar-refractivity contribution in [3.8, 4) is 0 Å². The maximum absolute atomic E-state index is 12.4. The Balaban J connectivity index is 2.66. The van der Waals surface area contributed by atoms with Crippen LogP contribution < -0.4 is 5.73 Å². The first kappa shape index (κ1) is 16.3. The number of carboxylic acid groups (broad SMARTS) is 1. The molecule has 0 aromatic carbocycles. The number of rotatable bonds is 9. The van der Waals surface area contributed by atoms with Gasteiger partial charge >= 0.3 is 12.0 Å². The fraction of sp³-hybridized carbons (Fsp3) is 0.769. The lowest BCUT2D eigenvalue weighted by Gasteiger charge is -2.29. The molecule has 7 heteroatoms. The summed E-state index contributed by atoms with van der Waals surface area (Å²) in [5.74, 6) is -1.48. The van der Waals surface area contributed by atoms with Gasteiger partial charge in [-0.3, -0.25) is 9.59 Å². The molecule has 0 bridgehead atoms. The Kier molecular flexibility index (Phi) is 6.27. The predicted molar refractivity (Wildman–Crippen MR) is 73.1 cm³/mol. The quantitative estimate of drug-likeness (QED) is 0.648. The number of nitrogens with two attached hydrogens (primary N) is 1. The summed E-state index contributed by atoms with van der Waals surface area (Å²) in [4.78, 5) is 37.1. The van der Waals surface area contributed by atoms with Crippen LogP contribution in [0.3, 0.4) is 0 Å². The van der Waals surface area contributed by atoms with E-state index in [0.717, 1.165) is 25.7 Å². The number of unbranched alkanes of at least 4 members (excludes halogenated alkanes) is 1. The third-order valence-electron chi connectivity index (χ3n) is 3.20. The SMILES string of the molecule is CCCCN(CC(N)=O)C(=O)N(CCC(=O)O)C1CC1. The van der Waals surface area contributed by atoms with Crippen LogP contribution in [0.25, 0.3) is 0 Å². The highest BCUT2D eigenvalue weighted by molar-refractivity contribution is 5.83. The molecule has 0 saturated heterocycles.